The van der Waals surface area contributed by atoms with E-state index in [2.05, 4.69) is 0 Å². The van der Waals surface area contributed by atoms with E-state index in [1.807, 2.05) is 109 Å². The molecule has 0 amide bonds. The van der Waals surface area contributed by atoms with E-state index in [4.69, 9.17) is 26.5 Å². The summed E-state index contributed by atoms with van der Waals surface area (Å²) in [5.41, 5.74) is 3.73. The minimum absolute atomic E-state index is 0. The minimum atomic E-state index is 0. The summed E-state index contributed by atoms with van der Waals surface area (Å²) >= 11 is 6.24. The SMILES string of the molecule is Clc1cccc(-n2nc(-c3ccccc3)n[n+]2-c2ccc(OCc3ccccc3)cc2)c1.[Cl-]. The lowest BCUT2D eigenvalue weighted by Gasteiger charge is -2.06. The van der Waals surface area contributed by atoms with Gasteiger partial charge in [0.1, 0.15) is 18.0 Å². The summed E-state index contributed by atoms with van der Waals surface area (Å²) in [6, 6.07) is 35.3. The second kappa shape index (κ2) is 10.3. The van der Waals surface area contributed by atoms with Crippen molar-refractivity contribution in [1.82, 2.24) is 15.0 Å². The highest BCUT2D eigenvalue weighted by Crippen LogP contribution is 2.18. The van der Waals surface area contributed by atoms with E-state index < -0.39 is 0 Å². The van der Waals surface area contributed by atoms with Gasteiger partial charge >= 0.3 is 5.82 Å². The molecule has 0 N–H and O–H groups in total. The first-order valence-electron chi connectivity index (χ1n) is 10.2. The van der Waals surface area contributed by atoms with E-state index in [1.54, 1.807) is 9.59 Å². The van der Waals surface area contributed by atoms with E-state index in [-0.39, 0.29) is 12.4 Å². The summed E-state index contributed by atoms with van der Waals surface area (Å²) in [5, 5.41) is 10.1. The van der Waals surface area contributed by atoms with Crippen molar-refractivity contribution in [3.63, 3.8) is 0 Å². The van der Waals surface area contributed by atoms with Gasteiger partial charge in [0, 0.05) is 9.82 Å². The van der Waals surface area contributed by atoms with Crippen LogP contribution in [0.1, 0.15) is 5.56 Å². The van der Waals surface area contributed by atoms with Crippen molar-refractivity contribution < 1.29 is 21.9 Å². The second-order valence-corrected chi connectivity index (χ2v) is 7.65. The Bertz CT molecular complexity index is 1320. The lowest BCUT2D eigenvalue weighted by atomic mass is 10.2. The van der Waals surface area contributed by atoms with Crippen LogP contribution in [0.15, 0.2) is 109 Å². The molecule has 1 aromatic heterocycles. The van der Waals surface area contributed by atoms with E-state index in [0.717, 1.165) is 28.3 Å². The first-order chi connectivity index (χ1) is 15.8. The van der Waals surface area contributed by atoms with Crippen LogP contribution in [-0.4, -0.2) is 15.0 Å². The van der Waals surface area contributed by atoms with Crippen molar-refractivity contribution in [2.24, 2.45) is 0 Å². The molecule has 33 heavy (non-hydrogen) atoms. The van der Waals surface area contributed by atoms with Gasteiger partial charge in [-0.15, -0.1) is 0 Å². The van der Waals surface area contributed by atoms with Crippen molar-refractivity contribution in [3.8, 4) is 28.5 Å². The van der Waals surface area contributed by atoms with E-state index in [1.165, 1.54) is 0 Å². The third kappa shape index (κ3) is 5.22. The number of halogens is 2. The van der Waals surface area contributed by atoms with Crippen LogP contribution in [-0.2, 0) is 6.61 Å². The molecule has 0 spiro atoms. The number of ether oxygens (including phenoxy) is 1. The van der Waals surface area contributed by atoms with Crippen molar-refractivity contribution in [2.75, 3.05) is 0 Å². The Morgan fingerprint density at radius 2 is 1.48 bits per heavy atom. The zero-order chi connectivity index (χ0) is 21.8. The number of benzene rings is 4. The number of hydrogen-bond donors (Lipinski definition) is 0. The lowest BCUT2D eigenvalue weighted by molar-refractivity contribution is -0.734. The van der Waals surface area contributed by atoms with Gasteiger partial charge in [-0.3, -0.25) is 0 Å². The molecule has 164 valence electrons. The molecule has 5 nitrogen and oxygen atoms in total. The van der Waals surface area contributed by atoms with E-state index in [9.17, 15) is 0 Å². The van der Waals surface area contributed by atoms with Crippen molar-refractivity contribution in [2.45, 2.75) is 6.61 Å². The maximum Gasteiger partial charge on any atom is 0.340 e. The Hall–Kier alpha value is -3.67. The zero-order valence-electron chi connectivity index (χ0n) is 17.6. The summed E-state index contributed by atoms with van der Waals surface area (Å²) in [7, 11) is 0. The highest BCUT2D eigenvalue weighted by Gasteiger charge is 2.23. The number of tetrazole rings is 1. The smallest absolute Gasteiger partial charge is 0.340 e. The Labute approximate surface area is 203 Å². The molecule has 0 aliphatic heterocycles. The number of rotatable bonds is 6. The fourth-order valence-electron chi connectivity index (χ4n) is 3.34. The molecule has 7 heteroatoms. The summed E-state index contributed by atoms with van der Waals surface area (Å²) in [4.78, 5) is 3.50. The first-order valence-corrected chi connectivity index (χ1v) is 10.6. The molecule has 0 fully saturated rings. The van der Waals surface area contributed by atoms with E-state index >= 15 is 0 Å². The molecule has 0 saturated carbocycles. The van der Waals surface area contributed by atoms with E-state index in [0.29, 0.717) is 17.5 Å². The van der Waals surface area contributed by atoms with Gasteiger partial charge in [-0.05, 0) is 70.1 Å². The fourth-order valence-corrected chi connectivity index (χ4v) is 3.52. The molecule has 0 aliphatic rings. The van der Waals surface area contributed by atoms with Gasteiger partial charge < -0.3 is 17.1 Å². The number of aromatic nitrogens is 4. The molecular formula is C26H20Cl2N4O. The molecule has 0 atom stereocenters. The number of hydrogen-bond acceptors (Lipinski definition) is 3. The van der Waals surface area contributed by atoms with Crippen LogP contribution in [0, 0.1) is 0 Å². The van der Waals surface area contributed by atoms with Crippen LogP contribution in [0.5, 0.6) is 5.75 Å². The fraction of sp³-hybridized carbons (Fsp3) is 0.0385. The first kappa shape index (κ1) is 22.5. The van der Waals surface area contributed by atoms with Gasteiger partial charge in [0.2, 0.25) is 0 Å². The third-order valence-corrected chi connectivity index (χ3v) is 5.18. The van der Waals surface area contributed by atoms with Gasteiger partial charge in [0.15, 0.2) is 5.69 Å². The third-order valence-electron chi connectivity index (χ3n) is 4.95. The molecule has 4 aromatic carbocycles. The Morgan fingerprint density at radius 1 is 0.788 bits per heavy atom. The molecule has 1 heterocycles. The summed E-state index contributed by atoms with van der Waals surface area (Å²) in [6.07, 6.45) is 0. The average molecular weight is 475 g/mol. The predicted molar refractivity (Wildman–Crippen MR) is 124 cm³/mol. The van der Waals surface area contributed by atoms with Crippen molar-refractivity contribution in [1.29, 1.82) is 0 Å². The van der Waals surface area contributed by atoms with Crippen LogP contribution >= 0.6 is 11.6 Å². The average Bonchev–Trinajstić information content (AvgIpc) is 3.30. The largest absolute Gasteiger partial charge is 1.00 e. The predicted octanol–water partition coefficient (Wildman–Crippen LogP) is 2.45. The molecule has 0 radical (unpaired) electrons. The quantitative estimate of drug-likeness (QED) is 0.355. The highest BCUT2D eigenvalue weighted by molar-refractivity contribution is 6.30. The van der Waals surface area contributed by atoms with Gasteiger partial charge in [-0.1, -0.05) is 66.2 Å². The van der Waals surface area contributed by atoms with Gasteiger partial charge in [0.05, 0.1) is 10.7 Å². The Balaban J connectivity index is 0.00000259. The van der Waals surface area contributed by atoms with Crippen LogP contribution < -0.4 is 21.9 Å². The van der Waals surface area contributed by atoms with Crippen LogP contribution in [0.3, 0.4) is 0 Å². The number of nitrogens with zero attached hydrogens (tertiary/aromatic N) is 4. The second-order valence-electron chi connectivity index (χ2n) is 7.22. The summed E-state index contributed by atoms with van der Waals surface area (Å²) in [6.45, 7) is 0.518. The van der Waals surface area contributed by atoms with Crippen LogP contribution in [0.25, 0.3) is 22.8 Å². The van der Waals surface area contributed by atoms with Crippen LogP contribution in [0.2, 0.25) is 5.02 Å². The van der Waals surface area contributed by atoms with Crippen molar-refractivity contribution in [3.05, 3.63) is 120 Å². The Kier molecular flexibility index (Phi) is 7.03. The van der Waals surface area contributed by atoms with Gasteiger partial charge in [-0.2, -0.15) is 0 Å². The van der Waals surface area contributed by atoms with Gasteiger partial charge in [-0.25, -0.2) is 0 Å². The molecule has 5 aromatic rings. The van der Waals surface area contributed by atoms with Crippen LogP contribution in [0.4, 0.5) is 0 Å². The maximum atomic E-state index is 6.24. The van der Waals surface area contributed by atoms with Crippen molar-refractivity contribution >= 4 is 11.6 Å². The standard InChI is InChI=1S/C26H20ClN4O.ClH/c27-22-12-7-13-24(18-22)31-29-26(21-10-5-2-6-11-21)28-30(31)23-14-16-25(17-15-23)32-19-20-8-3-1-4-9-20;/h1-18H,19H2;1H/q+1;/p-1. The molecule has 5 rings (SSSR count). The topological polar surface area (TPSA) is 43.8 Å². The minimum Gasteiger partial charge on any atom is -1.00 e. The molecule has 0 aliphatic carbocycles. The molecule has 0 saturated heterocycles. The molecular weight excluding hydrogens is 455 g/mol. The normalized spacial score (nSPS) is 10.5. The highest BCUT2D eigenvalue weighted by atomic mass is 35.5. The summed E-state index contributed by atoms with van der Waals surface area (Å²) < 4.78 is 5.92. The monoisotopic (exact) mass is 474 g/mol. The Morgan fingerprint density at radius 3 is 2.18 bits per heavy atom. The summed E-state index contributed by atoms with van der Waals surface area (Å²) in [5.74, 6) is 1.41. The maximum absolute atomic E-state index is 6.24. The molecule has 0 bridgehead atoms. The van der Waals surface area contributed by atoms with Gasteiger partial charge in [0.25, 0.3) is 0 Å². The zero-order valence-corrected chi connectivity index (χ0v) is 19.1. The lowest BCUT2D eigenvalue weighted by Crippen LogP contribution is -3.00. The molecule has 0 unspecified atom stereocenters.